The van der Waals surface area contributed by atoms with Crippen LogP contribution in [-0.4, -0.2) is 37.7 Å². The van der Waals surface area contributed by atoms with Crippen LogP contribution in [0.2, 0.25) is 0 Å². The van der Waals surface area contributed by atoms with Gasteiger partial charge in [-0.2, -0.15) is 0 Å². The van der Waals surface area contributed by atoms with Gasteiger partial charge in [0.2, 0.25) is 0 Å². The van der Waals surface area contributed by atoms with Crippen molar-refractivity contribution >= 4 is 35.6 Å². The predicted octanol–water partition coefficient (Wildman–Crippen LogP) is 3.33. The highest BCUT2D eigenvalue weighted by Crippen LogP contribution is 2.29. The van der Waals surface area contributed by atoms with Crippen LogP contribution in [0, 0.1) is 0 Å². The Morgan fingerprint density at radius 2 is 2.04 bits per heavy atom. The van der Waals surface area contributed by atoms with E-state index in [4.69, 9.17) is 4.99 Å². The molecule has 5 heteroatoms. The van der Waals surface area contributed by atoms with Crippen molar-refractivity contribution in [2.24, 2.45) is 4.99 Å². The molecule has 2 N–H and O–H groups in total. The zero-order valence-corrected chi connectivity index (χ0v) is 17.0. The monoisotopic (exact) mass is 440 g/mol. The number of halogens is 1. The fraction of sp³-hybridized carbons (Fsp3) is 0.526. The molecule has 1 aliphatic carbocycles. The molecule has 1 aliphatic heterocycles. The van der Waals surface area contributed by atoms with Crippen LogP contribution in [0.15, 0.2) is 41.4 Å². The van der Waals surface area contributed by atoms with Gasteiger partial charge in [-0.3, -0.25) is 4.99 Å². The number of hydrogen-bond donors (Lipinski definition) is 2. The van der Waals surface area contributed by atoms with Crippen molar-refractivity contribution < 1.29 is 0 Å². The van der Waals surface area contributed by atoms with E-state index in [9.17, 15) is 0 Å². The van der Waals surface area contributed by atoms with Gasteiger partial charge in [-0.25, -0.2) is 0 Å². The van der Waals surface area contributed by atoms with Crippen molar-refractivity contribution in [2.75, 3.05) is 24.5 Å². The molecule has 3 rings (SSSR count). The molecule has 0 amide bonds. The number of nitrogens with one attached hydrogen (secondary N) is 2. The normalized spacial score (nSPS) is 18.2. The molecule has 2 aliphatic rings. The SMILES string of the molecule is CCNC(=NCC(C)N1CCc2ccccc21)NC1CC=CC1.I. The molecule has 4 nitrogen and oxygen atoms in total. The second-order valence-corrected chi connectivity index (χ2v) is 6.42. The van der Waals surface area contributed by atoms with Crippen molar-refractivity contribution in [3.8, 4) is 0 Å². The second kappa shape index (κ2) is 9.30. The maximum absolute atomic E-state index is 4.82. The molecule has 1 aromatic carbocycles. The highest BCUT2D eigenvalue weighted by molar-refractivity contribution is 14.0. The molecule has 0 fully saturated rings. The third-order valence-electron chi connectivity index (χ3n) is 4.66. The number of anilines is 1. The molecular formula is C19H29IN4. The highest BCUT2D eigenvalue weighted by Gasteiger charge is 2.22. The summed E-state index contributed by atoms with van der Waals surface area (Å²) < 4.78 is 0. The lowest BCUT2D eigenvalue weighted by atomic mass is 10.2. The molecule has 24 heavy (non-hydrogen) atoms. The van der Waals surface area contributed by atoms with E-state index in [1.54, 1.807) is 0 Å². The minimum Gasteiger partial charge on any atom is -0.366 e. The average molecular weight is 440 g/mol. The molecule has 0 saturated carbocycles. The number of rotatable bonds is 5. The van der Waals surface area contributed by atoms with Crippen molar-refractivity contribution in [3.63, 3.8) is 0 Å². The van der Waals surface area contributed by atoms with Gasteiger partial charge in [-0.15, -0.1) is 24.0 Å². The summed E-state index contributed by atoms with van der Waals surface area (Å²) in [5, 5.41) is 6.91. The Hall–Kier alpha value is -1.24. The first-order chi connectivity index (χ1) is 11.3. The lowest BCUT2D eigenvalue weighted by Crippen LogP contribution is -2.43. The van der Waals surface area contributed by atoms with E-state index in [0.717, 1.165) is 44.9 Å². The van der Waals surface area contributed by atoms with Crippen molar-refractivity contribution in [1.82, 2.24) is 10.6 Å². The summed E-state index contributed by atoms with van der Waals surface area (Å²) in [5.41, 5.74) is 2.85. The number of benzene rings is 1. The fourth-order valence-electron chi connectivity index (χ4n) is 3.39. The van der Waals surface area contributed by atoms with Gasteiger partial charge in [0.05, 0.1) is 6.54 Å². The van der Waals surface area contributed by atoms with Gasteiger partial charge in [0.1, 0.15) is 0 Å². The van der Waals surface area contributed by atoms with E-state index in [0.29, 0.717) is 12.1 Å². The lowest BCUT2D eigenvalue weighted by molar-refractivity contribution is 0.621. The molecule has 1 atom stereocenters. The van der Waals surface area contributed by atoms with Gasteiger partial charge in [0, 0.05) is 30.9 Å². The Morgan fingerprint density at radius 1 is 1.29 bits per heavy atom. The number of hydrogen-bond acceptors (Lipinski definition) is 2. The minimum absolute atomic E-state index is 0. The van der Waals surface area contributed by atoms with Crippen LogP contribution in [0.3, 0.4) is 0 Å². The average Bonchev–Trinajstić information content (AvgIpc) is 3.22. The summed E-state index contributed by atoms with van der Waals surface area (Å²) >= 11 is 0. The van der Waals surface area contributed by atoms with E-state index < -0.39 is 0 Å². The number of nitrogens with zero attached hydrogens (tertiary/aromatic N) is 2. The van der Waals surface area contributed by atoms with Gasteiger partial charge in [-0.05, 0) is 44.7 Å². The summed E-state index contributed by atoms with van der Waals surface area (Å²) in [7, 11) is 0. The Bertz CT molecular complexity index is 576. The lowest BCUT2D eigenvalue weighted by Gasteiger charge is -2.26. The summed E-state index contributed by atoms with van der Waals surface area (Å²) in [5.74, 6) is 0.945. The minimum atomic E-state index is 0. The maximum atomic E-state index is 4.82. The standard InChI is InChI=1S/C19H28N4.HI/c1-3-20-19(22-17-9-5-6-10-17)21-14-15(2)23-13-12-16-8-4-7-11-18(16)23;/h4-8,11,15,17H,3,9-10,12-14H2,1-2H3,(H2,20,21,22);1H. The Balaban J connectivity index is 0.00000208. The highest BCUT2D eigenvalue weighted by atomic mass is 127. The topological polar surface area (TPSA) is 39.7 Å². The fourth-order valence-corrected chi connectivity index (χ4v) is 3.39. The molecule has 1 unspecified atom stereocenters. The van der Waals surface area contributed by atoms with Crippen molar-refractivity contribution in [2.45, 2.75) is 45.2 Å². The zero-order valence-electron chi connectivity index (χ0n) is 14.7. The van der Waals surface area contributed by atoms with Gasteiger partial charge < -0.3 is 15.5 Å². The van der Waals surface area contributed by atoms with Gasteiger partial charge in [0.25, 0.3) is 0 Å². The van der Waals surface area contributed by atoms with Crippen LogP contribution in [-0.2, 0) is 6.42 Å². The molecule has 132 valence electrons. The van der Waals surface area contributed by atoms with Crippen molar-refractivity contribution in [3.05, 3.63) is 42.0 Å². The zero-order chi connectivity index (χ0) is 16.1. The first-order valence-corrected chi connectivity index (χ1v) is 8.82. The Morgan fingerprint density at radius 3 is 2.79 bits per heavy atom. The summed E-state index contributed by atoms with van der Waals surface area (Å²) in [4.78, 5) is 7.30. The molecule has 0 saturated heterocycles. The van der Waals surface area contributed by atoms with Crippen LogP contribution in [0.4, 0.5) is 5.69 Å². The largest absolute Gasteiger partial charge is 0.366 e. The van der Waals surface area contributed by atoms with E-state index in [1.807, 2.05) is 0 Å². The van der Waals surface area contributed by atoms with Crippen molar-refractivity contribution in [1.29, 1.82) is 0 Å². The summed E-state index contributed by atoms with van der Waals surface area (Å²) in [6, 6.07) is 9.64. The van der Waals surface area contributed by atoms with Gasteiger partial charge in [-0.1, -0.05) is 30.4 Å². The Labute approximate surface area is 162 Å². The smallest absolute Gasteiger partial charge is 0.191 e. The second-order valence-electron chi connectivity index (χ2n) is 6.42. The molecule has 0 aromatic heterocycles. The van der Waals surface area contributed by atoms with Crippen LogP contribution in [0.5, 0.6) is 0 Å². The quantitative estimate of drug-likeness (QED) is 0.320. The molecule has 1 heterocycles. The summed E-state index contributed by atoms with van der Waals surface area (Å²) in [6.45, 7) is 7.19. The predicted molar refractivity (Wildman–Crippen MR) is 114 cm³/mol. The van der Waals surface area contributed by atoms with Crippen LogP contribution in [0.25, 0.3) is 0 Å². The number of aliphatic imine (C=N–C) groups is 1. The van der Waals surface area contributed by atoms with E-state index in [-0.39, 0.29) is 24.0 Å². The number of para-hydroxylation sites is 1. The third-order valence-corrected chi connectivity index (χ3v) is 4.66. The van der Waals surface area contributed by atoms with Gasteiger partial charge >= 0.3 is 0 Å². The maximum Gasteiger partial charge on any atom is 0.191 e. The number of guanidine groups is 1. The molecular weight excluding hydrogens is 411 g/mol. The van der Waals surface area contributed by atoms with Gasteiger partial charge in [0.15, 0.2) is 5.96 Å². The molecule has 0 spiro atoms. The van der Waals surface area contributed by atoms with E-state index in [1.165, 1.54) is 11.3 Å². The first kappa shape index (κ1) is 19.1. The van der Waals surface area contributed by atoms with E-state index in [2.05, 4.69) is 65.8 Å². The number of fused-ring (bicyclic) bond motifs is 1. The Kier molecular flexibility index (Phi) is 7.40. The van der Waals surface area contributed by atoms with Crippen LogP contribution < -0.4 is 15.5 Å². The third kappa shape index (κ3) is 4.65. The first-order valence-electron chi connectivity index (χ1n) is 8.82. The van der Waals surface area contributed by atoms with Crippen LogP contribution >= 0.6 is 24.0 Å². The summed E-state index contributed by atoms with van der Waals surface area (Å²) in [6.07, 6.45) is 7.82. The molecule has 0 bridgehead atoms. The molecule has 0 radical (unpaired) electrons. The van der Waals surface area contributed by atoms with E-state index >= 15 is 0 Å². The van der Waals surface area contributed by atoms with Crippen LogP contribution in [0.1, 0.15) is 32.3 Å². The molecule has 1 aromatic rings.